The molecule has 1 atom stereocenters. The monoisotopic (exact) mass is 424 g/mol. The first-order chi connectivity index (χ1) is 14.4. The molecule has 7 nitrogen and oxygen atoms in total. The van der Waals surface area contributed by atoms with Crippen molar-refractivity contribution in [3.8, 4) is 0 Å². The highest BCUT2D eigenvalue weighted by Gasteiger charge is 2.21. The first kappa shape index (κ1) is 21.6. The van der Waals surface area contributed by atoms with Crippen molar-refractivity contribution in [1.82, 2.24) is 20.2 Å². The minimum absolute atomic E-state index is 0.124. The Morgan fingerprint density at radius 2 is 1.70 bits per heavy atom. The number of amides is 3. The normalized spacial score (nSPS) is 12.0. The van der Waals surface area contributed by atoms with Crippen LogP contribution in [0.2, 0.25) is 0 Å². The maximum absolute atomic E-state index is 12.9. The van der Waals surface area contributed by atoms with Gasteiger partial charge in [-0.15, -0.1) is 0 Å². The second-order valence-corrected chi connectivity index (χ2v) is 8.41. The number of aromatic nitrogens is 2. The van der Waals surface area contributed by atoms with Crippen LogP contribution in [0.4, 0.5) is 4.79 Å². The van der Waals surface area contributed by atoms with E-state index < -0.39 is 17.2 Å². The summed E-state index contributed by atoms with van der Waals surface area (Å²) in [6.45, 7) is 5.78. The first-order valence-corrected chi connectivity index (χ1v) is 10.6. The summed E-state index contributed by atoms with van der Waals surface area (Å²) in [5.41, 5.74) is 1.37. The lowest BCUT2D eigenvalue weighted by molar-refractivity contribution is -0.119. The fourth-order valence-corrected chi connectivity index (χ4v) is 3.95. The summed E-state index contributed by atoms with van der Waals surface area (Å²) in [6, 6.07) is 15.9. The average Bonchev–Trinajstić information content (AvgIpc) is 2.72. The fourth-order valence-electron chi connectivity index (χ4n) is 2.91. The molecule has 1 aromatic heterocycles. The van der Waals surface area contributed by atoms with Gasteiger partial charge in [0.15, 0.2) is 5.16 Å². The van der Waals surface area contributed by atoms with Gasteiger partial charge in [-0.05, 0) is 38.5 Å². The quantitative estimate of drug-likeness (QED) is 0.467. The molecule has 0 bridgehead atoms. The van der Waals surface area contributed by atoms with Crippen LogP contribution in [0.3, 0.4) is 0 Å². The summed E-state index contributed by atoms with van der Waals surface area (Å²) in [5, 5.41) is 5.37. The zero-order valence-corrected chi connectivity index (χ0v) is 17.9. The lowest BCUT2D eigenvalue weighted by atomic mass is 10.2. The van der Waals surface area contributed by atoms with Crippen LogP contribution in [-0.2, 0) is 11.3 Å². The number of fused-ring (bicyclic) bond motifs is 1. The van der Waals surface area contributed by atoms with Crippen molar-refractivity contribution in [3.05, 3.63) is 70.5 Å². The second-order valence-electron chi connectivity index (χ2n) is 7.10. The van der Waals surface area contributed by atoms with Crippen molar-refractivity contribution >= 4 is 34.6 Å². The largest absolute Gasteiger partial charge is 0.334 e. The number of hydrogen-bond donors (Lipinski definition) is 2. The zero-order valence-electron chi connectivity index (χ0n) is 17.1. The Morgan fingerprint density at radius 3 is 2.40 bits per heavy atom. The third-order valence-electron chi connectivity index (χ3n) is 4.48. The molecule has 3 amide bonds. The summed E-state index contributed by atoms with van der Waals surface area (Å²) in [7, 11) is 0. The third kappa shape index (κ3) is 5.07. The average molecular weight is 425 g/mol. The zero-order chi connectivity index (χ0) is 21.7. The van der Waals surface area contributed by atoms with Crippen LogP contribution < -0.4 is 16.2 Å². The van der Waals surface area contributed by atoms with Gasteiger partial charge in [-0.25, -0.2) is 9.78 Å². The van der Waals surface area contributed by atoms with Gasteiger partial charge in [0.1, 0.15) is 0 Å². The number of urea groups is 1. The summed E-state index contributed by atoms with van der Waals surface area (Å²) >= 11 is 1.15. The minimum atomic E-state index is -0.620. The van der Waals surface area contributed by atoms with E-state index in [0.29, 0.717) is 22.6 Å². The first-order valence-electron chi connectivity index (χ1n) is 9.67. The standard InChI is InChI=1S/C22H24N4O3S/c1-14(2)26-20(28)17-11-7-8-12-18(17)24-22(26)30-15(3)19(27)25-21(29)23-13-16-9-5-4-6-10-16/h4-12,14-15H,13H2,1-3H3,(H2,23,25,27,29). The van der Waals surface area contributed by atoms with Gasteiger partial charge in [-0.1, -0.05) is 54.2 Å². The van der Waals surface area contributed by atoms with Crippen LogP contribution in [0.15, 0.2) is 64.5 Å². The molecule has 0 spiro atoms. The highest BCUT2D eigenvalue weighted by atomic mass is 32.2. The topological polar surface area (TPSA) is 93.1 Å². The van der Waals surface area contributed by atoms with Gasteiger partial charge in [0.2, 0.25) is 5.91 Å². The molecule has 0 aliphatic carbocycles. The van der Waals surface area contributed by atoms with Gasteiger partial charge >= 0.3 is 6.03 Å². The maximum Gasteiger partial charge on any atom is 0.321 e. The van der Waals surface area contributed by atoms with E-state index in [1.54, 1.807) is 29.7 Å². The van der Waals surface area contributed by atoms with E-state index in [1.807, 2.05) is 50.2 Å². The van der Waals surface area contributed by atoms with Crippen LogP contribution in [0.5, 0.6) is 0 Å². The highest BCUT2D eigenvalue weighted by molar-refractivity contribution is 8.00. The molecule has 0 saturated heterocycles. The highest BCUT2D eigenvalue weighted by Crippen LogP contribution is 2.24. The summed E-state index contributed by atoms with van der Waals surface area (Å²) < 4.78 is 1.58. The minimum Gasteiger partial charge on any atom is -0.334 e. The second kappa shape index (κ2) is 9.58. The molecule has 0 aliphatic heterocycles. The SMILES string of the molecule is CC(Sc1nc2ccccc2c(=O)n1C(C)C)C(=O)NC(=O)NCc1ccccc1. The number of thioether (sulfide) groups is 1. The van der Waals surface area contributed by atoms with Gasteiger partial charge in [0.25, 0.3) is 5.56 Å². The Balaban J connectivity index is 1.70. The Bertz CT molecular complexity index is 1110. The van der Waals surface area contributed by atoms with Crippen molar-refractivity contribution in [2.75, 3.05) is 0 Å². The molecule has 8 heteroatoms. The number of benzene rings is 2. The number of rotatable bonds is 6. The maximum atomic E-state index is 12.9. The van der Waals surface area contributed by atoms with Crippen LogP contribution in [0, 0.1) is 0 Å². The predicted octanol–water partition coefficient (Wildman–Crippen LogP) is 3.48. The van der Waals surface area contributed by atoms with Crippen molar-refractivity contribution in [2.45, 2.75) is 43.8 Å². The van der Waals surface area contributed by atoms with Gasteiger partial charge in [0, 0.05) is 12.6 Å². The summed E-state index contributed by atoms with van der Waals surface area (Å²) in [6.07, 6.45) is 0. The van der Waals surface area contributed by atoms with Crippen molar-refractivity contribution in [1.29, 1.82) is 0 Å². The van der Waals surface area contributed by atoms with E-state index in [1.165, 1.54) is 0 Å². The molecule has 1 unspecified atom stereocenters. The van der Waals surface area contributed by atoms with Gasteiger partial charge in [0.05, 0.1) is 16.2 Å². The number of nitrogens with zero attached hydrogens (tertiary/aromatic N) is 2. The Hall–Kier alpha value is -3.13. The number of hydrogen-bond acceptors (Lipinski definition) is 5. The Kier molecular flexibility index (Phi) is 6.89. The molecule has 3 aromatic rings. The Labute approximate surface area is 178 Å². The number of carbonyl (C=O) groups is 2. The molecule has 0 fully saturated rings. The van der Waals surface area contributed by atoms with Gasteiger partial charge in [-0.2, -0.15) is 0 Å². The van der Waals surface area contributed by atoms with Crippen molar-refractivity contribution < 1.29 is 9.59 Å². The number of carbonyl (C=O) groups excluding carboxylic acids is 2. The molecule has 0 aliphatic rings. The van der Waals surface area contributed by atoms with E-state index in [-0.39, 0.29) is 11.6 Å². The van der Waals surface area contributed by atoms with Crippen LogP contribution in [0.1, 0.15) is 32.4 Å². The molecular formula is C22H24N4O3S. The Morgan fingerprint density at radius 1 is 1.03 bits per heavy atom. The van der Waals surface area contributed by atoms with Crippen molar-refractivity contribution in [2.24, 2.45) is 0 Å². The molecule has 156 valence electrons. The third-order valence-corrected chi connectivity index (χ3v) is 5.54. The molecule has 0 saturated carbocycles. The van der Waals surface area contributed by atoms with E-state index in [4.69, 9.17) is 0 Å². The molecule has 30 heavy (non-hydrogen) atoms. The number of nitrogens with one attached hydrogen (secondary N) is 2. The van der Waals surface area contributed by atoms with Gasteiger partial charge < -0.3 is 5.32 Å². The summed E-state index contributed by atoms with van der Waals surface area (Å²) in [5.74, 6) is -0.455. The van der Waals surface area contributed by atoms with E-state index >= 15 is 0 Å². The smallest absolute Gasteiger partial charge is 0.321 e. The van der Waals surface area contributed by atoms with Gasteiger partial charge in [-0.3, -0.25) is 19.5 Å². The van der Waals surface area contributed by atoms with Crippen LogP contribution in [0.25, 0.3) is 10.9 Å². The summed E-state index contributed by atoms with van der Waals surface area (Å²) in [4.78, 5) is 42.0. The predicted molar refractivity (Wildman–Crippen MR) is 119 cm³/mol. The van der Waals surface area contributed by atoms with Crippen molar-refractivity contribution in [3.63, 3.8) is 0 Å². The lowest BCUT2D eigenvalue weighted by Crippen LogP contribution is -2.42. The molecule has 3 rings (SSSR count). The lowest BCUT2D eigenvalue weighted by Gasteiger charge is -2.18. The van der Waals surface area contributed by atoms with E-state index in [0.717, 1.165) is 17.3 Å². The molecule has 2 N–H and O–H groups in total. The molecule has 0 radical (unpaired) electrons. The van der Waals surface area contributed by atoms with Crippen LogP contribution >= 0.6 is 11.8 Å². The molecular weight excluding hydrogens is 400 g/mol. The molecule has 1 heterocycles. The molecule has 2 aromatic carbocycles. The van der Waals surface area contributed by atoms with E-state index in [9.17, 15) is 14.4 Å². The number of imide groups is 1. The number of para-hydroxylation sites is 1. The fraction of sp³-hybridized carbons (Fsp3) is 0.273. The van der Waals surface area contributed by atoms with E-state index in [2.05, 4.69) is 15.6 Å². The van der Waals surface area contributed by atoms with Crippen LogP contribution in [-0.4, -0.2) is 26.7 Å².